The van der Waals surface area contributed by atoms with Gasteiger partial charge >= 0.3 is 5.97 Å². The lowest BCUT2D eigenvalue weighted by atomic mass is 10.0. The highest BCUT2D eigenvalue weighted by molar-refractivity contribution is 5.97. The lowest BCUT2D eigenvalue weighted by Crippen LogP contribution is -2.11. The van der Waals surface area contributed by atoms with E-state index < -0.39 is 5.97 Å². The van der Waals surface area contributed by atoms with Gasteiger partial charge < -0.3 is 4.74 Å². The van der Waals surface area contributed by atoms with Crippen molar-refractivity contribution in [2.24, 2.45) is 0 Å². The summed E-state index contributed by atoms with van der Waals surface area (Å²) >= 11 is 0. The van der Waals surface area contributed by atoms with Crippen LogP contribution in [-0.2, 0) is 4.74 Å². The first kappa shape index (κ1) is 16.4. The Morgan fingerprint density at radius 3 is 2.20 bits per heavy atom. The van der Waals surface area contributed by atoms with Crippen LogP contribution in [0.25, 0.3) is 11.3 Å². The molecule has 4 nitrogen and oxygen atoms in total. The van der Waals surface area contributed by atoms with Crippen LogP contribution < -0.4 is 0 Å². The van der Waals surface area contributed by atoms with Gasteiger partial charge in [0.1, 0.15) is 5.56 Å². The highest BCUT2D eigenvalue weighted by Crippen LogP contribution is 2.24. The van der Waals surface area contributed by atoms with E-state index in [1.54, 1.807) is 6.92 Å². The molecule has 0 atom stereocenters. The van der Waals surface area contributed by atoms with Crippen molar-refractivity contribution in [2.75, 3.05) is 7.11 Å². The van der Waals surface area contributed by atoms with E-state index >= 15 is 0 Å². The summed E-state index contributed by atoms with van der Waals surface area (Å²) in [4.78, 5) is 21.0. The fourth-order valence-electron chi connectivity index (χ4n) is 2.43. The molecule has 1 aromatic heterocycles. The topological polar surface area (TPSA) is 52.1 Å². The summed E-state index contributed by atoms with van der Waals surface area (Å²) in [7, 11) is 1.35. The molecular formula is C21H16N2O2. The van der Waals surface area contributed by atoms with Gasteiger partial charge in [-0.3, -0.25) is 0 Å². The second kappa shape index (κ2) is 7.41. The molecule has 0 saturated heterocycles. The SMILES string of the molecule is COC(=O)c1c(C)nc(C#Cc2ccccc2)nc1-c1ccccc1. The fraction of sp³-hybridized carbons (Fsp3) is 0.0952. The van der Waals surface area contributed by atoms with Crippen LogP contribution in [0.15, 0.2) is 60.7 Å². The van der Waals surface area contributed by atoms with E-state index in [0.717, 1.165) is 11.1 Å². The maximum absolute atomic E-state index is 12.2. The first-order chi connectivity index (χ1) is 12.2. The predicted molar refractivity (Wildman–Crippen MR) is 96.0 cm³/mol. The number of aromatic nitrogens is 2. The van der Waals surface area contributed by atoms with Gasteiger partial charge in [0.05, 0.1) is 18.5 Å². The summed E-state index contributed by atoms with van der Waals surface area (Å²) in [5.41, 5.74) is 3.12. The molecule has 4 heteroatoms. The van der Waals surface area contributed by atoms with E-state index in [2.05, 4.69) is 21.8 Å². The molecule has 0 radical (unpaired) electrons. The third kappa shape index (κ3) is 3.73. The van der Waals surface area contributed by atoms with Gasteiger partial charge in [0, 0.05) is 11.1 Å². The van der Waals surface area contributed by atoms with Gasteiger partial charge in [-0.25, -0.2) is 14.8 Å². The number of esters is 1. The molecule has 0 bridgehead atoms. The standard InChI is InChI=1S/C21H16N2O2/c1-15-19(21(24)25-2)20(17-11-7-4-8-12-17)23-18(22-15)14-13-16-9-5-3-6-10-16/h3-12H,1-2H3. The zero-order chi connectivity index (χ0) is 17.6. The Morgan fingerprint density at radius 1 is 0.920 bits per heavy atom. The number of rotatable bonds is 2. The van der Waals surface area contributed by atoms with Crippen LogP contribution in [-0.4, -0.2) is 23.0 Å². The number of methoxy groups -OCH3 is 1. The molecule has 3 aromatic rings. The van der Waals surface area contributed by atoms with Crippen molar-refractivity contribution in [1.82, 2.24) is 9.97 Å². The molecule has 0 spiro atoms. The molecule has 0 unspecified atom stereocenters. The summed E-state index contributed by atoms with van der Waals surface area (Å²) in [6, 6.07) is 19.1. The van der Waals surface area contributed by atoms with Gasteiger partial charge in [0.2, 0.25) is 5.82 Å². The largest absolute Gasteiger partial charge is 0.465 e. The van der Waals surface area contributed by atoms with Crippen molar-refractivity contribution in [1.29, 1.82) is 0 Å². The van der Waals surface area contributed by atoms with Crippen LogP contribution in [0, 0.1) is 18.8 Å². The average Bonchev–Trinajstić information content (AvgIpc) is 2.67. The minimum absolute atomic E-state index is 0.360. The average molecular weight is 328 g/mol. The van der Waals surface area contributed by atoms with Gasteiger partial charge in [-0.2, -0.15) is 0 Å². The lowest BCUT2D eigenvalue weighted by molar-refractivity contribution is 0.0600. The highest BCUT2D eigenvalue weighted by atomic mass is 16.5. The molecule has 3 rings (SSSR count). The van der Waals surface area contributed by atoms with Crippen LogP contribution in [0.5, 0.6) is 0 Å². The second-order valence-corrected chi connectivity index (χ2v) is 5.33. The Morgan fingerprint density at radius 2 is 1.56 bits per heavy atom. The molecule has 0 amide bonds. The van der Waals surface area contributed by atoms with Gasteiger partial charge in [0.25, 0.3) is 0 Å². The quantitative estimate of drug-likeness (QED) is 0.532. The molecule has 0 saturated carbocycles. The molecule has 122 valence electrons. The van der Waals surface area contributed by atoms with Crippen LogP contribution in [0.1, 0.15) is 27.4 Å². The summed E-state index contributed by atoms with van der Waals surface area (Å²) in [6.07, 6.45) is 0. The molecule has 0 aliphatic heterocycles. The van der Waals surface area contributed by atoms with Crippen molar-refractivity contribution < 1.29 is 9.53 Å². The number of ether oxygens (including phenoxy) is 1. The zero-order valence-electron chi connectivity index (χ0n) is 14.0. The Labute approximate surface area is 146 Å². The van der Waals surface area contributed by atoms with Gasteiger partial charge in [-0.05, 0) is 25.0 Å². The van der Waals surface area contributed by atoms with Crippen LogP contribution in [0.3, 0.4) is 0 Å². The van der Waals surface area contributed by atoms with E-state index in [0.29, 0.717) is 22.8 Å². The van der Waals surface area contributed by atoms with Crippen molar-refractivity contribution >= 4 is 5.97 Å². The zero-order valence-corrected chi connectivity index (χ0v) is 14.0. The summed E-state index contributed by atoms with van der Waals surface area (Å²) in [5, 5.41) is 0. The van der Waals surface area contributed by atoms with E-state index in [1.807, 2.05) is 60.7 Å². The van der Waals surface area contributed by atoms with Crippen LogP contribution in [0.2, 0.25) is 0 Å². The number of carbonyl (C=O) groups is 1. The van der Waals surface area contributed by atoms with E-state index in [4.69, 9.17) is 4.74 Å². The fourth-order valence-corrected chi connectivity index (χ4v) is 2.43. The molecular weight excluding hydrogens is 312 g/mol. The number of aryl methyl sites for hydroxylation is 1. The molecule has 0 aliphatic carbocycles. The first-order valence-electron chi connectivity index (χ1n) is 7.78. The molecule has 0 fully saturated rings. The molecule has 1 heterocycles. The smallest absolute Gasteiger partial charge is 0.341 e. The summed E-state index contributed by atoms with van der Waals surface area (Å²) < 4.78 is 4.89. The normalized spacial score (nSPS) is 9.84. The van der Waals surface area contributed by atoms with E-state index in [9.17, 15) is 4.79 Å². The lowest BCUT2D eigenvalue weighted by Gasteiger charge is -2.10. The third-order valence-electron chi connectivity index (χ3n) is 3.62. The summed E-state index contributed by atoms with van der Waals surface area (Å²) in [6.45, 7) is 1.76. The molecule has 0 N–H and O–H groups in total. The minimum Gasteiger partial charge on any atom is -0.465 e. The monoisotopic (exact) mass is 328 g/mol. The predicted octanol–water partition coefficient (Wildman–Crippen LogP) is 3.64. The van der Waals surface area contributed by atoms with E-state index in [1.165, 1.54) is 7.11 Å². The first-order valence-corrected chi connectivity index (χ1v) is 7.78. The van der Waals surface area contributed by atoms with Crippen molar-refractivity contribution in [2.45, 2.75) is 6.92 Å². The van der Waals surface area contributed by atoms with Crippen LogP contribution >= 0.6 is 0 Å². The molecule has 25 heavy (non-hydrogen) atoms. The number of benzene rings is 2. The van der Waals surface area contributed by atoms with Crippen molar-refractivity contribution in [3.05, 3.63) is 83.3 Å². The van der Waals surface area contributed by atoms with Gasteiger partial charge in [-0.1, -0.05) is 54.5 Å². The van der Waals surface area contributed by atoms with Gasteiger partial charge in [-0.15, -0.1) is 0 Å². The Kier molecular flexibility index (Phi) is 4.87. The third-order valence-corrected chi connectivity index (χ3v) is 3.62. The van der Waals surface area contributed by atoms with E-state index in [-0.39, 0.29) is 0 Å². The Bertz CT molecular complexity index is 956. The Hall–Kier alpha value is -3.45. The van der Waals surface area contributed by atoms with Crippen molar-refractivity contribution in [3.63, 3.8) is 0 Å². The van der Waals surface area contributed by atoms with Gasteiger partial charge in [0.15, 0.2) is 0 Å². The second-order valence-electron chi connectivity index (χ2n) is 5.33. The maximum Gasteiger partial charge on any atom is 0.341 e. The van der Waals surface area contributed by atoms with Crippen LogP contribution in [0.4, 0.5) is 0 Å². The maximum atomic E-state index is 12.2. The number of carbonyl (C=O) groups excluding carboxylic acids is 1. The minimum atomic E-state index is -0.459. The number of nitrogens with zero attached hydrogens (tertiary/aromatic N) is 2. The molecule has 0 aliphatic rings. The number of hydrogen-bond donors (Lipinski definition) is 0. The Balaban J connectivity index is 2.13. The molecule has 2 aromatic carbocycles. The summed E-state index contributed by atoms with van der Waals surface area (Å²) in [5.74, 6) is 5.92. The number of hydrogen-bond acceptors (Lipinski definition) is 4. The highest BCUT2D eigenvalue weighted by Gasteiger charge is 2.20. The van der Waals surface area contributed by atoms with Crippen molar-refractivity contribution in [3.8, 4) is 23.1 Å².